The average Bonchev–Trinajstić information content (AvgIpc) is 2.22. The van der Waals surface area contributed by atoms with Gasteiger partial charge in [-0.1, -0.05) is 37.0 Å². The maximum atomic E-state index is 6.06. The molecule has 1 aromatic carbocycles. The lowest BCUT2D eigenvalue weighted by molar-refractivity contribution is 0.729. The average molecular weight is 291 g/mol. The minimum absolute atomic E-state index is 0.514. The van der Waals surface area contributed by atoms with Crippen molar-refractivity contribution < 1.29 is 0 Å². The summed E-state index contributed by atoms with van der Waals surface area (Å²) in [7, 11) is 0. The molecule has 1 aliphatic rings. The number of halogens is 2. The molecule has 1 saturated heterocycles. The highest BCUT2D eigenvalue weighted by Crippen LogP contribution is 2.36. The zero-order valence-corrected chi connectivity index (χ0v) is 12.2. The second kappa shape index (κ2) is 5.17. The van der Waals surface area contributed by atoms with Gasteiger partial charge in [-0.25, -0.2) is 0 Å². The zero-order chi connectivity index (χ0) is 12.6. The number of anilines is 2. The minimum atomic E-state index is 0.514. The Morgan fingerprint density at radius 2 is 1.71 bits per heavy atom. The second-order valence-electron chi connectivity index (χ2n) is 4.49. The molecule has 2 unspecified atom stereocenters. The molecule has 2 nitrogen and oxygen atoms in total. The van der Waals surface area contributed by atoms with E-state index in [4.69, 9.17) is 28.9 Å². The summed E-state index contributed by atoms with van der Waals surface area (Å²) in [5, 5.41) is 2.29. The Labute approximate surface area is 116 Å². The van der Waals surface area contributed by atoms with Gasteiger partial charge in [0.15, 0.2) is 0 Å². The highest BCUT2D eigenvalue weighted by Gasteiger charge is 2.24. The predicted octanol–water partition coefficient (Wildman–Crippen LogP) is 3.91. The molecule has 0 radical (unpaired) electrons. The Bertz CT molecular complexity index is 415. The lowest BCUT2D eigenvalue weighted by atomic mass is 10.2. The molecular weight excluding hydrogens is 275 g/mol. The van der Waals surface area contributed by atoms with Crippen LogP contribution in [0.2, 0.25) is 10.0 Å². The third kappa shape index (κ3) is 2.95. The lowest BCUT2D eigenvalue weighted by Crippen LogP contribution is -2.40. The van der Waals surface area contributed by atoms with E-state index in [0.717, 1.165) is 18.8 Å². The van der Waals surface area contributed by atoms with Gasteiger partial charge in [-0.3, -0.25) is 0 Å². The van der Waals surface area contributed by atoms with Crippen LogP contribution in [0.5, 0.6) is 0 Å². The molecule has 2 atom stereocenters. The van der Waals surface area contributed by atoms with Gasteiger partial charge in [0.25, 0.3) is 0 Å². The molecule has 1 aliphatic heterocycles. The summed E-state index contributed by atoms with van der Waals surface area (Å²) in [5.41, 5.74) is 7.72. The van der Waals surface area contributed by atoms with Crippen LogP contribution < -0.4 is 10.6 Å². The minimum Gasteiger partial charge on any atom is -0.397 e. The Kier molecular flexibility index (Phi) is 4.01. The molecule has 0 aromatic heterocycles. The maximum Gasteiger partial charge on any atom is 0.0616 e. The van der Waals surface area contributed by atoms with Gasteiger partial charge in [0.2, 0.25) is 0 Å². The molecule has 0 bridgehead atoms. The first-order valence-electron chi connectivity index (χ1n) is 5.62. The van der Waals surface area contributed by atoms with Crippen molar-refractivity contribution in [3.63, 3.8) is 0 Å². The smallest absolute Gasteiger partial charge is 0.0616 e. The van der Waals surface area contributed by atoms with Crippen molar-refractivity contribution in [1.82, 2.24) is 0 Å². The lowest BCUT2D eigenvalue weighted by Gasteiger charge is -2.37. The van der Waals surface area contributed by atoms with Crippen LogP contribution in [0.4, 0.5) is 11.4 Å². The number of benzene rings is 1. The van der Waals surface area contributed by atoms with Crippen LogP contribution in [0, 0.1) is 0 Å². The van der Waals surface area contributed by atoms with Crippen LogP contribution in [0.3, 0.4) is 0 Å². The Balaban J connectivity index is 2.30. The molecule has 0 amide bonds. The number of nitrogen functional groups attached to an aromatic ring is 1. The van der Waals surface area contributed by atoms with Crippen molar-refractivity contribution in [2.45, 2.75) is 24.3 Å². The molecule has 0 spiro atoms. The van der Waals surface area contributed by atoms with Crippen molar-refractivity contribution in [3.05, 3.63) is 22.2 Å². The van der Waals surface area contributed by atoms with Crippen LogP contribution in [-0.4, -0.2) is 23.6 Å². The Morgan fingerprint density at radius 3 is 2.29 bits per heavy atom. The van der Waals surface area contributed by atoms with Crippen molar-refractivity contribution in [2.75, 3.05) is 23.7 Å². The number of hydrogen-bond acceptors (Lipinski definition) is 3. The Morgan fingerprint density at radius 1 is 1.18 bits per heavy atom. The van der Waals surface area contributed by atoms with Crippen molar-refractivity contribution in [3.8, 4) is 0 Å². The van der Waals surface area contributed by atoms with Gasteiger partial charge in [-0.2, -0.15) is 11.8 Å². The summed E-state index contributed by atoms with van der Waals surface area (Å²) in [6.45, 7) is 6.47. The number of nitrogens with two attached hydrogens (primary N) is 1. The van der Waals surface area contributed by atoms with E-state index in [-0.39, 0.29) is 0 Å². The third-order valence-corrected chi connectivity index (χ3v) is 4.78. The fraction of sp³-hybridized carbons (Fsp3) is 0.500. The van der Waals surface area contributed by atoms with E-state index in [0.29, 0.717) is 26.2 Å². The van der Waals surface area contributed by atoms with E-state index >= 15 is 0 Å². The first-order valence-corrected chi connectivity index (χ1v) is 7.32. The van der Waals surface area contributed by atoms with E-state index < -0.39 is 0 Å². The van der Waals surface area contributed by atoms with Crippen LogP contribution in [-0.2, 0) is 0 Å². The number of thioether (sulfide) groups is 1. The molecule has 2 rings (SSSR count). The monoisotopic (exact) mass is 290 g/mol. The quantitative estimate of drug-likeness (QED) is 0.796. The predicted molar refractivity (Wildman–Crippen MR) is 79.6 cm³/mol. The number of nitrogens with zero attached hydrogens (tertiary/aromatic N) is 1. The third-order valence-electron chi connectivity index (χ3n) is 2.83. The van der Waals surface area contributed by atoms with Crippen molar-refractivity contribution in [2.24, 2.45) is 0 Å². The summed E-state index contributed by atoms with van der Waals surface area (Å²) in [6, 6.07) is 3.60. The molecular formula is C12H16Cl2N2S. The van der Waals surface area contributed by atoms with E-state index in [1.54, 1.807) is 6.07 Å². The molecule has 94 valence electrons. The largest absolute Gasteiger partial charge is 0.397 e. The van der Waals surface area contributed by atoms with E-state index in [9.17, 15) is 0 Å². The molecule has 1 aromatic rings. The van der Waals surface area contributed by atoms with Crippen LogP contribution in [0.15, 0.2) is 12.1 Å². The topological polar surface area (TPSA) is 29.3 Å². The second-order valence-corrected chi connectivity index (χ2v) is 7.18. The summed E-state index contributed by atoms with van der Waals surface area (Å²) in [6.07, 6.45) is 0. The summed E-state index contributed by atoms with van der Waals surface area (Å²) < 4.78 is 0. The van der Waals surface area contributed by atoms with Crippen molar-refractivity contribution in [1.29, 1.82) is 0 Å². The standard InChI is InChI=1S/C12H16Cl2N2S/c1-7-5-16(6-8(2)17-7)12-4-10(14)9(13)3-11(12)15/h3-4,7-8H,5-6,15H2,1-2H3. The Hall–Kier alpha value is -0.250. The van der Waals surface area contributed by atoms with Gasteiger partial charge >= 0.3 is 0 Å². The number of hydrogen-bond donors (Lipinski definition) is 1. The number of rotatable bonds is 1. The van der Waals surface area contributed by atoms with Gasteiger partial charge in [0.05, 0.1) is 21.4 Å². The van der Waals surface area contributed by atoms with Gasteiger partial charge < -0.3 is 10.6 Å². The summed E-state index contributed by atoms with van der Waals surface area (Å²) >= 11 is 14.0. The fourth-order valence-corrected chi connectivity index (χ4v) is 3.86. The van der Waals surface area contributed by atoms with E-state index in [2.05, 4.69) is 18.7 Å². The highest BCUT2D eigenvalue weighted by atomic mass is 35.5. The molecule has 1 fully saturated rings. The van der Waals surface area contributed by atoms with Crippen LogP contribution in [0.1, 0.15) is 13.8 Å². The van der Waals surface area contributed by atoms with Crippen LogP contribution >= 0.6 is 35.0 Å². The molecule has 0 saturated carbocycles. The summed E-state index contributed by atoms with van der Waals surface area (Å²) in [5.74, 6) is 0. The normalized spacial score (nSPS) is 25.1. The van der Waals surface area contributed by atoms with Gasteiger partial charge in [0.1, 0.15) is 0 Å². The van der Waals surface area contributed by atoms with Gasteiger partial charge in [0, 0.05) is 23.6 Å². The molecule has 1 heterocycles. The van der Waals surface area contributed by atoms with E-state index in [1.807, 2.05) is 17.8 Å². The molecule has 17 heavy (non-hydrogen) atoms. The highest BCUT2D eigenvalue weighted by molar-refractivity contribution is 8.00. The molecule has 0 aliphatic carbocycles. The zero-order valence-electron chi connectivity index (χ0n) is 9.91. The molecule has 2 N–H and O–H groups in total. The first-order chi connectivity index (χ1) is 7.97. The van der Waals surface area contributed by atoms with E-state index in [1.165, 1.54) is 0 Å². The molecule has 5 heteroatoms. The SMILES string of the molecule is CC1CN(c2cc(Cl)c(Cl)cc2N)CC(C)S1. The van der Waals surface area contributed by atoms with Crippen LogP contribution in [0.25, 0.3) is 0 Å². The maximum absolute atomic E-state index is 6.06. The van der Waals surface area contributed by atoms with Crippen molar-refractivity contribution >= 4 is 46.3 Å². The van der Waals surface area contributed by atoms with Gasteiger partial charge in [-0.05, 0) is 12.1 Å². The fourth-order valence-electron chi connectivity index (χ4n) is 2.20. The first kappa shape index (κ1) is 13.2. The summed E-state index contributed by atoms with van der Waals surface area (Å²) in [4.78, 5) is 2.30. The van der Waals surface area contributed by atoms with Gasteiger partial charge in [-0.15, -0.1) is 0 Å².